The van der Waals surface area contributed by atoms with Crippen molar-refractivity contribution in [3.05, 3.63) is 53.6 Å². The third kappa shape index (κ3) is 5.70. The number of anilines is 1. The van der Waals surface area contributed by atoms with Crippen LogP contribution in [0.4, 0.5) is 5.69 Å². The molecule has 1 atom stereocenters. The van der Waals surface area contributed by atoms with Crippen molar-refractivity contribution in [3.63, 3.8) is 0 Å². The maximum atomic E-state index is 12.7. The Bertz CT molecular complexity index is 1010. The van der Waals surface area contributed by atoms with Crippen molar-refractivity contribution in [2.45, 2.75) is 32.3 Å². The minimum Gasteiger partial charge on any atom is -0.485 e. The lowest BCUT2D eigenvalue weighted by molar-refractivity contribution is -0.125. The molecule has 33 heavy (non-hydrogen) atoms. The highest BCUT2D eigenvalue weighted by Gasteiger charge is 2.28. The van der Waals surface area contributed by atoms with E-state index in [1.807, 2.05) is 24.3 Å². The third-order valence-electron chi connectivity index (χ3n) is 5.78. The minimum atomic E-state index is -0.341. The summed E-state index contributed by atoms with van der Waals surface area (Å²) in [6.07, 6.45) is 2.85. The largest absolute Gasteiger partial charge is 0.485 e. The summed E-state index contributed by atoms with van der Waals surface area (Å²) in [5.41, 5.74) is 1.96. The average Bonchev–Trinajstić information content (AvgIpc) is 3.37. The molecule has 1 fully saturated rings. The van der Waals surface area contributed by atoms with Gasteiger partial charge in [0, 0.05) is 18.7 Å². The number of nitrogens with zero attached hydrogens (tertiary/aromatic N) is 1. The maximum Gasteiger partial charge on any atom is 0.265 e. The monoisotopic (exact) mass is 452 g/mol. The summed E-state index contributed by atoms with van der Waals surface area (Å²) in [4.78, 5) is 39.0. The van der Waals surface area contributed by atoms with Crippen LogP contribution in [0.2, 0.25) is 0 Å². The molecule has 8 heteroatoms. The number of ketones is 1. The first kappa shape index (κ1) is 22.8. The number of aryl methyl sites for hydroxylation is 1. The van der Waals surface area contributed by atoms with Crippen molar-refractivity contribution < 1.29 is 28.6 Å². The Morgan fingerprint density at radius 2 is 2.00 bits per heavy atom. The molecule has 2 aromatic rings. The molecule has 2 amide bonds. The SMILES string of the molecule is CCc1ccc(OCC(=O)c2ccc3c(c2)N(CC(=O)NCC2CCCO2)C(=O)CO3)cc1. The molecule has 1 unspecified atom stereocenters. The third-order valence-corrected chi connectivity index (χ3v) is 5.78. The lowest BCUT2D eigenvalue weighted by atomic mass is 10.1. The van der Waals surface area contributed by atoms with E-state index in [9.17, 15) is 14.4 Å². The normalized spacial score (nSPS) is 17.3. The molecule has 1 saturated heterocycles. The van der Waals surface area contributed by atoms with Gasteiger partial charge in [-0.25, -0.2) is 0 Å². The molecule has 0 bridgehead atoms. The van der Waals surface area contributed by atoms with Gasteiger partial charge >= 0.3 is 0 Å². The quantitative estimate of drug-likeness (QED) is 0.588. The number of hydrogen-bond acceptors (Lipinski definition) is 6. The molecule has 8 nitrogen and oxygen atoms in total. The van der Waals surface area contributed by atoms with E-state index in [0.29, 0.717) is 35.9 Å². The Labute approximate surface area is 192 Å². The van der Waals surface area contributed by atoms with Gasteiger partial charge in [0.25, 0.3) is 5.91 Å². The Balaban J connectivity index is 1.40. The lowest BCUT2D eigenvalue weighted by Crippen LogP contribution is -2.46. The second-order valence-electron chi connectivity index (χ2n) is 8.10. The van der Waals surface area contributed by atoms with Crippen molar-refractivity contribution in [3.8, 4) is 11.5 Å². The average molecular weight is 453 g/mol. The Hall–Kier alpha value is -3.39. The van der Waals surface area contributed by atoms with Gasteiger partial charge in [0.2, 0.25) is 5.91 Å². The minimum absolute atomic E-state index is 0.0176. The molecule has 0 saturated carbocycles. The maximum absolute atomic E-state index is 12.7. The number of hydrogen-bond donors (Lipinski definition) is 1. The van der Waals surface area contributed by atoms with Gasteiger partial charge in [-0.05, 0) is 55.2 Å². The molecule has 0 aromatic heterocycles. The van der Waals surface area contributed by atoms with E-state index < -0.39 is 0 Å². The van der Waals surface area contributed by atoms with Crippen LogP contribution in [0, 0.1) is 0 Å². The predicted molar refractivity (Wildman–Crippen MR) is 122 cm³/mol. The van der Waals surface area contributed by atoms with Crippen LogP contribution in [0.1, 0.15) is 35.7 Å². The Kier molecular flexibility index (Phi) is 7.24. The van der Waals surface area contributed by atoms with Gasteiger partial charge in [0.05, 0.1) is 11.8 Å². The standard InChI is InChI=1S/C25H28N2O6/c1-2-17-5-8-19(9-6-17)32-15-22(28)18-7-10-23-21(12-18)27(25(30)16-33-23)14-24(29)26-13-20-4-3-11-31-20/h5-10,12,20H,2-4,11,13-16H2,1H3,(H,26,29). The van der Waals surface area contributed by atoms with Gasteiger partial charge in [-0.3, -0.25) is 19.3 Å². The van der Waals surface area contributed by atoms with E-state index in [1.165, 1.54) is 10.5 Å². The zero-order chi connectivity index (χ0) is 23.2. The van der Waals surface area contributed by atoms with Gasteiger partial charge in [-0.2, -0.15) is 0 Å². The number of carbonyl (C=O) groups excluding carboxylic acids is 3. The van der Waals surface area contributed by atoms with Crippen LogP contribution in [0.3, 0.4) is 0 Å². The summed E-state index contributed by atoms with van der Waals surface area (Å²) < 4.78 is 16.6. The molecule has 2 heterocycles. The lowest BCUT2D eigenvalue weighted by Gasteiger charge is -2.29. The number of fused-ring (bicyclic) bond motifs is 1. The van der Waals surface area contributed by atoms with Gasteiger partial charge < -0.3 is 19.5 Å². The first-order chi connectivity index (χ1) is 16.0. The fourth-order valence-corrected chi connectivity index (χ4v) is 3.84. The molecule has 174 valence electrons. The molecule has 2 aliphatic rings. The van der Waals surface area contributed by atoms with Crippen LogP contribution in [-0.4, -0.2) is 56.6 Å². The Morgan fingerprint density at radius 1 is 1.18 bits per heavy atom. The van der Waals surface area contributed by atoms with Gasteiger partial charge in [0.15, 0.2) is 19.0 Å². The highest BCUT2D eigenvalue weighted by molar-refractivity contribution is 6.04. The van der Waals surface area contributed by atoms with Crippen LogP contribution < -0.4 is 19.7 Å². The second-order valence-corrected chi connectivity index (χ2v) is 8.10. The van der Waals surface area contributed by atoms with E-state index in [4.69, 9.17) is 14.2 Å². The van der Waals surface area contributed by atoms with Gasteiger partial charge in [0.1, 0.15) is 18.0 Å². The molecule has 2 aliphatic heterocycles. The fraction of sp³-hybridized carbons (Fsp3) is 0.400. The van der Waals surface area contributed by atoms with Crippen LogP contribution >= 0.6 is 0 Å². The molecular weight excluding hydrogens is 424 g/mol. The number of carbonyl (C=O) groups is 3. The summed E-state index contributed by atoms with van der Waals surface area (Å²) in [6, 6.07) is 12.4. The zero-order valence-electron chi connectivity index (χ0n) is 18.7. The fourth-order valence-electron chi connectivity index (χ4n) is 3.84. The van der Waals surface area contributed by atoms with Crippen LogP contribution in [0.5, 0.6) is 11.5 Å². The molecule has 4 rings (SSSR count). The summed E-state index contributed by atoms with van der Waals surface area (Å²) in [5, 5.41) is 2.82. The van der Waals surface area contributed by atoms with E-state index in [-0.39, 0.29) is 43.5 Å². The summed E-state index contributed by atoms with van der Waals surface area (Å²) in [5.74, 6) is 0.197. The van der Waals surface area contributed by atoms with E-state index >= 15 is 0 Å². The predicted octanol–water partition coefficient (Wildman–Crippen LogP) is 2.53. The number of benzene rings is 2. The number of Topliss-reactive ketones (excluding diaryl/α,β-unsaturated/α-hetero) is 1. The zero-order valence-corrected chi connectivity index (χ0v) is 18.7. The second kappa shape index (κ2) is 10.5. The summed E-state index contributed by atoms with van der Waals surface area (Å²) >= 11 is 0. The topological polar surface area (TPSA) is 94.2 Å². The molecule has 2 aromatic carbocycles. The van der Waals surface area contributed by atoms with Gasteiger partial charge in [-0.15, -0.1) is 0 Å². The van der Waals surface area contributed by atoms with Crippen molar-refractivity contribution in [1.29, 1.82) is 0 Å². The van der Waals surface area contributed by atoms with E-state index in [0.717, 1.165) is 19.3 Å². The molecule has 0 aliphatic carbocycles. The number of amides is 2. The summed E-state index contributed by atoms with van der Waals surface area (Å²) in [7, 11) is 0. The van der Waals surface area contributed by atoms with Crippen molar-refractivity contribution >= 4 is 23.3 Å². The summed E-state index contributed by atoms with van der Waals surface area (Å²) in [6.45, 7) is 2.75. The first-order valence-electron chi connectivity index (χ1n) is 11.2. The number of nitrogens with one attached hydrogen (secondary N) is 1. The highest BCUT2D eigenvalue weighted by Crippen LogP contribution is 2.33. The number of rotatable bonds is 9. The molecule has 0 spiro atoms. The van der Waals surface area contributed by atoms with E-state index in [2.05, 4.69) is 12.2 Å². The molecular formula is C25H28N2O6. The first-order valence-corrected chi connectivity index (χ1v) is 11.2. The number of ether oxygens (including phenoxy) is 3. The van der Waals surface area contributed by atoms with Crippen molar-refractivity contribution in [2.75, 3.05) is 37.8 Å². The molecule has 0 radical (unpaired) electrons. The van der Waals surface area contributed by atoms with Crippen LogP contribution in [0.15, 0.2) is 42.5 Å². The van der Waals surface area contributed by atoms with E-state index in [1.54, 1.807) is 18.2 Å². The Morgan fingerprint density at radius 3 is 2.73 bits per heavy atom. The van der Waals surface area contributed by atoms with Gasteiger partial charge in [-0.1, -0.05) is 19.1 Å². The van der Waals surface area contributed by atoms with Crippen molar-refractivity contribution in [2.24, 2.45) is 0 Å². The van der Waals surface area contributed by atoms with Crippen LogP contribution in [-0.2, 0) is 20.7 Å². The van der Waals surface area contributed by atoms with Crippen LogP contribution in [0.25, 0.3) is 0 Å². The highest BCUT2D eigenvalue weighted by atomic mass is 16.5. The van der Waals surface area contributed by atoms with Crippen molar-refractivity contribution in [1.82, 2.24) is 5.32 Å². The molecule has 1 N–H and O–H groups in total. The smallest absolute Gasteiger partial charge is 0.265 e.